The number of benzene rings is 3. The Hall–Kier alpha value is -5.32. The number of halogens is 5. The first-order valence-corrected chi connectivity index (χ1v) is 32.7. The highest BCUT2D eigenvalue weighted by molar-refractivity contribution is 6.90. The molecule has 2 aromatic heterocycles. The fourth-order valence-electron chi connectivity index (χ4n) is 13.9. The van der Waals surface area contributed by atoms with E-state index in [-0.39, 0.29) is 79.4 Å². The van der Waals surface area contributed by atoms with Crippen molar-refractivity contribution in [3.8, 4) is 34.5 Å². The monoisotopic (exact) mass is 1110 g/mol. The molecule has 1 amide bonds. The molecule has 0 spiro atoms. The van der Waals surface area contributed by atoms with Crippen molar-refractivity contribution in [2.24, 2.45) is 0 Å². The van der Waals surface area contributed by atoms with Crippen LogP contribution in [0, 0.1) is 40.6 Å². The highest BCUT2D eigenvalue weighted by Gasteiger charge is 2.51. The van der Waals surface area contributed by atoms with Crippen LogP contribution in [0.15, 0.2) is 42.6 Å². The van der Waals surface area contributed by atoms with E-state index in [2.05, 4.69) is 99.4 Å². The standard InChI is InChI=1S/C61H81F5N6O4Si2/c1-36(2)77(37(3)4,38(5)6)29-23-45-48(62)21-20-42-30-44(76-78(39(7)8,40(9)10)41(11)12)33-46(52(42)45)55-54(66)56-47(34-67-55)57(71-27-17-16-18-28-72(71)59(73)75-60(13,14)15)69-58(68-56)74-35-61-24-19-26-70(61)51(22-25-61)43-31-49(63)53(65)50(64)32-43/h20-21,30-34,36-41,51H,16-19,22,24-28,35H2,1-15H3/t51-,61-/m1/s1. The maximum atomic E-state index is 18.7. The Morgan fingerprint density at radius 1 is 0.756 bits per heavy atom. The third kappa shape index (κ3) is 10.9. The maximum absolute atomic E-state index is 18.7. The maximum Gasteiger partial charge on any atom is 0.429 e. The molecule has 3 aromatic carbocycles. The van der Waals surface area contributed by atoms with Gasteiger partial charge in [0.15, 0.2) is 29.1 Å². The van der Waals surface area contributed by atoms with E-state index in [0.717, 1.165) is 25.0 Å². The van der Waals surface area contributed by atoms with Crippen LogP contribution in [0.3, 0.4) is 0 Å². The van der Waals surface area contributed by atoms with Crippen molar-refractivity contribution in [3.05, 3.63) is 82.8 Å². The Kier molecular flexibility index (Phi) is 17.1. The molecule has 5 aromatic rings. The lowest BCUT2D eigenvalue weighted by Crippen LogP contribution is -2.50. The lowest BCUT2D eigenvalue weighted by molar-refractivity contribution is 0.0232. The molecular formula is C61H81F5N6O4Si2. The predicted octanol–water partition coefficient (Wildman–Crippen LogP) is 16.6. The summed E-state index contributed by atoms with van der Waals surface area (Å²) in [5, 5.41) is 4.43. The van der Waals surface area contributed by atoms with Crippen LogP contribution in [0.25, 0.3) is 32.9 Å². The summed E-state index contributed by atoms with van der Waals surface area (Å²) in [7, 11) is -5.03. The molecule has 3 fully saturated rings. The number of hydrogen-bond donors (Lipinski definition) is 0. The number of nitrogens with zero attached hydrogens (tertiary/aromatic N) is 6. The van der Waals surface area contributed by atoms with Gasteiger partial charge in [0.05, 0.1) is 16.5 Å². The number of hydrogen-bond acceptors (Lipinski definition) is 9. The predicted molar refractivity (Wildman–Crippen MR) is 306 cm³/mol. The average Bonchev–Trinajstić information content (AvgIpc) is 3.83. The minimum Gasteiger partial charge on any atom is -0.543 e. The second-order valence-corrected chi connectivity index (χ2v) is 36.0. The Balaban J connectivity index is 1.36. The third-order valence-electron chi connectivity index (χ3n) is 17.4. The van der Waals surface area contributed by atoms with E-state index in [0.29, 0.717) is 73.8 Å². The minimum atomic E-state index is -2.62. The van der Waals surface area contributed by atoms with Crippen LogP contribution in [0.2, 0.25) is 33.2 Å². The number of ether oxygens (including phenoxy) is 2. The SMILES string of the molecule is CC(C)[Si](C#Cc1c(F)ccc2cc(O[Si](C(C)C)(C(C)C)C(C)C)cc(-c3ncc4c(N5CCCCCN5C(=O)OC(C)(C)C)nc(OC[C@]56CCCN5[C@@H](c5cc(F)c(F)c(F)c5)CC6)nc4c3F)c12)(C(C)C)C(C)C. The summed E-state index contributed by atoms with van der Waals surface area (Å²) in [6.45, 7) is 33.1. The van der Waals surface area contributed by atoms with Gasteiger partial charge in [-0.15, -0.1) is 5.54 Å². The van der Waals surface area contributed by atoms with Gasteiger partial charge in [-0.1, -0.05) is 95.1 Å². The Morgan fingerprint density at radius 2 is 1.40 bits per heavy atom. The van der Waals surface area contributed by atoms with E-state index in [1.54, 1.807) is 37.9 Å². The van der Waals surface area contributed by atoms with Crippen LogP contribution in [-0.4, -0.2) is 84.7 Å². The molecule has 0 aliphatic carbocycles. The fraction of sp³-hybridized carbons (Fsp3) is 0.574. The van der Waals surface area contributed by atoms with E-state index in [1.165, 1.54) is 17.3 Å². The highest BCUT2D eigenvalue weighted by atomic mass is 28.4. The quantitative estimate of drug-likeness (QED) is 0.0466. The summed E-state index contributed by atoms with van der Waals surface area (Å²) in [6, 6.07) is 8.41. The van der Waals surface area contributed by atoms with Gasteiger partial charge < -0.3 is 13.9 Å². The van der Waals surface area contributed by atoms with Gasteiger partial charge in [-0.05, 0) is 147 Å². The molecule has 2 atom stereocenters. The molecule has 0 N–H and O–H groups in total. The van der Waals surface area contributed by atoms with Crippen LogP contribution < -0.4 is 14.2 Å². The van der Waals surface area contributed by atoms with Crippen LogP contribution in [0.5, 0.6) is 11.8 Å². The molecule has 422 valence electrons. The Labute approximate surface area is 461 Å². The molecule has 3 aliphatic rings. The second kappa shape index (κ2) is 22.7. The number of aromatic nitrogens is 3. The Bertz CT molecular complexity index is 3050. The first-order chi connectivity index (χ1) is 36.7. The summed E-state index contributed by atoms with van der Waals surface area (Å²) >= 11 is 0. The van der Waals surface area contributed by atoms with Gasteiger partial charge in [-0.25, -0.2) is 31.8 Å². The summed E-state index contributed by atoms with van der Waals surface area (Å²) in [4.78, 5) is 31.1. The van der Waals surface area contributed by atoms with Crippen molar-refractivity contribution in [3.63, 3.8) is 0 Å². The van der Waals surface area contributed by atoms with Gasteiger partial charge >= 0.3 is 12.1 Å². The van der Waals surface area contributed by atoms with E-state index in [4.69, 9.17) is 28.9 Å². The normalized spacial score (nSPS) is 18.8. The van der Waals surface area contributed by atoms with Crippen LogP contribution in [0.4, 0.5) is 32.6 Å². The zero-order valence-electron chi connectivity index (χ0n) is 48.6. The van der Waals surface area contributed by atoms with Crippen LogP contribution in [0.1, 0.15) is 166 Å². The van der Waals surface area contributed by atoms with Gasteiger partial charge in [0, 0.05) is 36.3 Å². The molecule has 0 bridgehead atoms. The van der Waals surface area contributed by atoms with Crippen molar-refractivity contribution >= 4 is 50.0 Å². The third-order valence-corrected chi connectivity index (χ3v) is 29.7. The molecule has 8 rings (SSSR count). The highest BCUT2D eigenvalue weighted by Crippen LogP contribution is 2.50. The van der Waals surface area contributed by atoms with Gasteiger partial charge in [0.2, 0.25) is 0 Å². The smallest absolute Gasteiger partial charge is 0.429 e. The van der Waals surface area contributed by atoms with Crippen LogP contribution in [-0.2, 0) is 4.74 Å². The van der Waals surface area contributed by atoms with E-state index < -0.39 is 68.8 Å². The molecule has 3 aliphatic heterocycles. The van der Waals surface area contributed by atoms with Gasteiger partial charge in [-0.3, -0.25) is 14.9 Å². The zero-order valence-corrected chi connectivity index (χ0v) is 50.6. The molecule has 0 unspecified atom stereocenters. The summed E-state index contributed by atoms with van der Waals surface area (Å²) in [5.41, 5.74) is 4.23. The molecule has 5 heterocycles. The molecular weight excluding hydrogens is 1030 g/mol. The van der Waals surface area contributed by atoms with E-state index >= 15 is 8.78 Å². The summed E-state index contributed by atoms with van der Waals surface area (Å²) in [6.07, 6.45) is 5.66. The van der Waals surface area contributed by atoms with Crippen LogP contribution >= 0.6 is 0 Å². The van der Waals surface area contributed by atoms with Gasteiger partial charge in [-0.2, -0.15) is 9.97 Å². The second-order valence-electron chi connectivity index (χ2n) is 25.0. The topological polar surface area (TPSA) is 93.2 Å². The van der Waals surface area contributed by atoms with E-state index in [9.17, 15) is 18.0 Å². The number of carbonyl (C=O) groups excluding carboxylic acids is 1. The number of rotatable bonds is 14. The summed E-state index contributed by atoms with van der Waals surface area (Å²) < 4.78 is 98.9. The van der Waals surface area contributed by atoms with Gasteiger partial charge in [0.25, 0.3) is 8.32 Å². The first-order valence-electron chi connectivity index (χ1n) is 28.3. The van der Waals surface area contributed by atoms with Crippen molar-refractivity contribution in [1.29, 1.82) is 0 Å². The molecule has 3 saturated heterocycles. The number of amides is 1. The molecule has 0 saturated carbocycles. The molecule has 0 radical (unpaired) electrons. The first kappa shape index (κ1) is 58.8. The van der Waals surface area contributed by atoms with E-state index in [1.807, 2.05) is 6.07 Å². The van der Waals surface area contributed by atoms with Gasteiger partial charge in [0.1, 0.15) is 43.1 Å². The van der Waals surface area contributed by atoms with Crippen molar-refractivity contribution in [2.75, 3.05) is 31.3 Å². The lowest BCUT2D eigenvalue weighted by Gasteiger charge is -2.42. The minimum absolute atomic E-state index is 0.0440. The van der Waals surface area contributed by atoms with Crippen molar-refractivity contribution in [1.82, 2.24) is 24.9 Å². The number of anilines is 1. The van der Waals surface area contributed by atoms with Crippen molar-refractivity contribution in [2.45, 2.75) is 199 Å². The fourth-order valence-corrected chi connectivity index (χ4v) is 24.3. The number of fused-ring (bicyclic) bond motifs is 3. The number of pyridine rings is 1. The van der Waals surface area contributed by atoms with Crippen molar-refractivity contribution < 1.29 is 40.6 Å². The zero-order chi connectivity index (χ0) is 57.0. The molecule has 10 nitrogen and oxygen atoms in total. The largest absolute Gasteiger partial charge is 0.543 e. The molecule has 17 heteroatoms. The Morgan fingerprint density at radius 3 is 2.01 bits per heavy atom. The molecule has 78 heavy (non-hydrogen) atoms. The lowest BCUT2D eigenvalue weighted by atomic mass is 9.95. The number of hydrazine groups is 1. The number of carbonyl (C=O) groups is 1. The average molecular weight is 1110 g/mol. The summed E-state index contributed by atoms with van der Waals surface area (Å²) in [5.74, 6) is -1.25.